The first-order chi connectivity index (χ1) is 8.81. The number of carbonyl (C=O) groups is 1. The van der Waals surface area contributed by atoms with Gasteiger partial charge in [-0.2, -0.15) is 0 Å². The molecule has 19 heavy (non-hydrogen) atoms. The number of hydrogen-bond acceptors (Lipinski definition) is 3. The van der Waals surface area contributed by atoms with Crippen molar-refractivity contribution in [3.8, 4) is 0 Å². The fraction of sp³-hybridized carbons (Fsp3) is 0.643. The molecular weight excluding hydrogens is 280 g/mol. The predicted octanol–water partition coefficient (Wildman–Crippen LogP) is 3.09. The number of carbonyl (C=O) groups excluding carboxylic acids is 1. The van der Waals surface area contributed by atoms with Gasteiger partial charge in [-0.25, -0.2) is 0 Å². The molecule has 0 aliphatic carbocycles. The Kier molecular flexibility index (Phi) is 4.23. The van der Waals surface area contributed by atoms with Gasteiger partial charge in [-0.1, -0.05) is 25.4 Å². The second-order valence-corrected chi connectivity index (χ2v) is 7.75. The van der Waals surface area contributed by atoms with Gasteiger partial charge in [0.1, 0.15) is 0 Å². The Hall–Kier alpha value is -0.580. The van der Waals surface area contributed by atoms with E-state index in [0.717, 1.165) is 28.7 Å². The zero-order valence-corrected chi connectivity index (χ0v) is 13.2. The molecule has 2 rings (SSSR count). The van der Waals surface area contributed by atoms with Gasteiger partial charge in [0.05, 0.1) is 10.3 Å². The monoisotopic (exact) mass is 300 g/mol. The Morgan fingerprint density at radius 1 is 1.58 bits per heavy atom. The van der Waals surface area contributed by atoms with E-state index < -0.39 is 0 Å². The maximum Gasteiger partial charge on any atom is 0.230 e. The predicted molar refractivity (Wildman–Crippen MR) is 80.7 cm³/mol. The molecule has 106 valence electrons. The number of rotatable bonds is 2. The lowest BCUT2D eigenvalue weighted by Crippen LogP contribution is -2.54. The molecule has 0 radical (unpaired) electrons. The number of thiophene rings is 1. The molecule has 2 atom stereocenters. The molecule has 0 aromatic carbocycles. The van der Waals surface area contributed by atoms with Crippen molar-refractivity contribution in [2.24, 2.45) is 11.1 Å². The molecule has 2 N–H and O–H groups in total. The van der Waals surface area contributed by atoms with Crippen LogP contribution < -0.4 is 5.73 Å². The summed E-state index contributed by atoms with van der Waals surface area (Å²) in [4.78, 5) is 15.5. The molecule has 0 spiro atoms. The number of halogens is 1. The van der Waals surface area contributed by atoms with Gasteiger partial charge in [0.25, 0.3) is 0 Å². The summed E-state index contributed by atoms with van der Waals surface area (Å²) in [7, 11) is 0. The standard InChI is InChI=1S/C14H21ClN2OS/c1-9(10-4-5-12(15)19-10)13(18)17-7-6-11(16)14(2,3)8-17/h4-5,9,11H,6-8,16H2,1-3H3. The number of piperidine rings is 1. The second-order valence-electron chi connectivity index (χ2n) is 6.01. The van der Waals surface area contributed by atoms with Crippen LogP contribution in [0.25, 0.3) is 0 Å². The number of hydrogen-bond donors (Lipinski definition) is 1. The normalized spacial score (nSPS) is 24.3. The minimum Gasteiger partial charge on any atom is -0.341 e. The van der Waals surface area contributed by atoms with Gasteiger partial charge in [-0.3, -0.25) is 4.79 Å². The molecule has 1 fully saturated rings. The largest absolute Gasteiger partial charge is 0.341 e. The third-order valence-electron chi connectivity index (χ3n) is 4.02. The summed E-state index contributed by atoms with van der Waals surface area (Å²) in [5.74, 6) is 0.0566. The minimum absolute atomic E-state index is 0.0132. The highest BCUT2D eigenvalue weighted by Crippen LogP contribution is 2.32. The Balaban J connectivity index is 2.08. The molecule has 1 saturated heterocycles. The molecule has 1 aromatic heterocycles. The molecule has 1 aromatic rings. The Labute approximate surface area is 123 Å². The van der Waals surface area contributed by atoms with Crippen molar-refractivity contribution >= 4 is 28.8 Å². The van der Waals surface area contributed by atoms with Crippen LogP contribution in [0.15, 0.2) is 12.1 Å². The molecule has 3 nitrogen and oxygen atoms in total. The lowest BCUT2D eigenvalue weighted by Gasteiger charge is -2.43. The highest BCUT2D eigenvalue weighted by Gasteiger charge is 2.36. The van der Waals surface area contributed by atoms with Crippen LogP contribution in [-0.2, 0) is 4.79 Å². The summed E-state index contributed by atoms with van der Waals surface area (Å²) >= 11 is 7.42. The van der Waals surface area contributed by atoms with Crippen molar-refractivity contribution in [1.29, 1.82) is 0 Å². The van der Waals surface area contributed by atoms with Crippen LogP contribution >= 0.6 is 22.9 Å². The lowest BCUT2D eigenvalue weighted by molar-refractivity contribution is -0.135. The van der Waals surface area contributed by atoms with Gasteiger partial charge in [0.2, 0.25) is 5.91 Å². The van der Waals surface area contributed by atoms with E-state index in [1.54, 1.807) is 0 Å². The quantitative estimate of drug-likeness (QED) is 0.912. The van der Waals surface area contributed by atoms with E-state index >= 15 is 0 Å². The van der Waals surface area contributed by atoms with Crippen LogP contribution in [0.5, 0.6) is 0 Å². The van der Waals surface area contributed by atoms with E-state index in [0.29, 0.717) is 0 Å². The van der Waals surface area contributed by atoms with Crippen LogP contribution in [0, 0.1) is 5.41 Å². The van der Waals surface area contributed by atoms with Crippen molar-refractivity contribution in [3.05, 3.63) is 21.3 Å². The van der Waals surface area contributed by atoms with Crippen LogP contribution in [0.1, 0.15) is 38.0 Å². The molecule has 0 saturated carbocycles. The summed E-state index contributed by atoms with van der Waals surface area (Å²) in [5.41, 5.74) is 6.10. The maximum absolute atomic E-state index is 12.6. The average molecular weight is 301 g/mol. The number of likely N-dealkylation sites (tertiary alicyclic amines) is 1. The highest BCUT2D eigenvalue weighted by atomic mass is 35.5. The summed E-state index contributed by atoms with van der Waals surface area (Å²) in [6, 6.07) is 3.96. The van der Waals surface area contributed by atoms with Gasteiger partial charge in [-0.15, -0.1) is 11.3 Å². The van der Waals surface area contributed by atoms with Gasteiger partial charge < -0.3 is 10.6 Å². The zero-order chi connectivity index (χ0) is 14.2. The van der Waals surface area contributed by atoms with Gasteiger partial charge in [0.15, 0.2) is 0 Å². The maximum atomic E-state index is 12.6. The average Bonchev–Trinajstić information content (AvgIpc) is 2.77. The van der Waals surface area contributed by atoms with E-state index in [2.05, 4.69) is 13.8 Å². The number of amides is 1. The number of nitrogens with two attached hydrogens (primary N) is 1. The minimum atomic E-state index is -0.123. The molecule has 1 aliphatic rings. The summed E-state index contributed by atoms with van der Waals surface area (Å²) in [5, 5.41) is 0. The topological polar surface area (TPSA) is 46.3 Å². The van der Waals surface area contributed by atoms with Crippen LogP contribution in [0.4, 0.5) is 0 Å². The van der Waals surface area contributed by atoms with E-state index in [9.17, 15) is 4.79 Å². The van der Waals surface area contributed by atoms with Crippen LogP contribution in [-0.4, -0.2) is 29.9 Å². The Morgan fingerprint density at radius 3 is 2.79 bits per heavy atom. The first kappa shape index (κ1) is 14.8. The van der Waals surface area contributed by atoms with E-state index in [4.69, 9.17) is 17.3 Å². The van der Waals surface area contributed by atoms with Crippen molar-refractivity contribution in [3.63, 3.8) is 0 Å². The molecule has 2 unspecified atom stereocenters. The first-order valence-corrected chi connectivity index (χ1v) is 7.80. The van der Waals surface area contributed by atoms with Crippen molar-refractivity contribution in [2.75, 3.05) is 13.1 Å². The fourth-order valence-corrected chi connectivity index (χ4v) is 3.62. The fourth-order valence-electron chi connectivity index (χ4n) is 2.52. The van der Waals surface area contributed by atoms with Crippen molar-refractivity contribution < 1.29 is 4.79 Å². The van der Waals surface area contributed by atoms with Crippen LogP contribution in [0.2, 0.25) is 4.34 Å². The van der Waals surface area contributed by atoms with E-state index in [-0.39, 0.29) is 23.3 Å². The molecule has 1 aliphatic heterocycles. The highest BCUT2D eigenvalue weighted by molar-refractivity contribution is 7.16. The Morgan fingerprint density at radius 2 is 2.26 bits per heavy atom. The molecule has 5 heteroatoms. The lowest BCUT2D eigenvalue weighted by atomic mass is 9.79. The van der Waals surface area contributed by atoms with Crippen LogP contribution in [0.3, 0.4) is 0 Å². The molecule has 2 heterocycles. The Bertz CT molecular complexity index is 472. The van der Waals surface area contributed by atoms with Gasteiger partial charge in [0, 0.05) is 24.0 Å². The summed E-state index contributed by atoms with van der Waals surface area (Å²) in [6.07, 6.45) is 0.872. The van der Waals surface area contributed by atoms with Gasteiger partial charge in [-0.05, 0) is 30.9 Å². The first-order valence-electron chi connectivity index (χ1n) is 6.61. The third kappa shape index (κ3) is 3.12. The van der Waals surface area contributed by atoms with Gasteiger partial charge >= 0.3 is 0 Å². The second kappa shape index (κ2) is 5.43. The van der Waals surface area contributed by atoms with E-state index in [1.807, 2.05) is 24.0 Å². The summed E-state index contributed by atoms with van der Waals surface area (Å²) < 4.78 is 0.732. The molecule has 0 bridgehead atoms. The van der Waals surface area contributed by atoms with Crippen molar-refractivity contribution in [2.45, 2.75) is 39.2 Å². The third-order valence-corrected chi connectivity index (χ3v) is 5.43. The van der Waals surface area contributed by atoms with Crippen molar-refractivity contribution in [1.82, 2.24) is 4.90 Å². The SMILES string of the molecule is CC(C(=O)N1CCC(N)C(C)(C)C1)c1ccc(Cl)s1. The smallest absolute Gasteiger partial charge is 0.230 e. The molecule has 1 amide bonds. The summed E-state index contributed by atoms with van der Waals surface area (Å²) in [6.45, 7) is 7.70. The zero-order valence-electron chi connectivity index (χ0n) is 11.6. The number of nitrogens with zero attached hydrogens (tertiary/aromatic N) is 1. The van der Waals surface area contributed by atoms with E-state index in [1.165, 1.54) is 11.3 Å². The molecular formula is C14H21ClN2OS.